The van der Waals surface area contributed by atoms with Gasteiger partial charge in [0, 0.05) is 25.8 Å². The van der Waals surface area contributed by atoms with Gasteiger partial charge in [-0.05, 0) is 37.1 Å². The summed E-state index contributed by atoms with van der Waals surface area (Å²) in [6.07, 6.45) is 2.99. The van der Waals surface area contributed by atoms with Crippen LogP contribution >= 0.6 is 0 Å². The van der Waals surface area contributed by atoms with E-state index in [4.69, 9.17) is 4.74 Å². The highest BCUT2D eigenvalue weighted by atomic mass is 16.5. The minimum atomic E-state index is 0.289. The van der Waals surface area contributed by atoms with Crippen molar-refractivity contribution in [1.29, 1.82) is 0 Å². The Morgan fingerprint density at radius 3 is 2.60 bits per heavy atom. The molecule has 0 spiro atoms. The van der Waals surface area contributed by atoms with Crippen molar-refractivity contribution in [3.63, 3.8) is 0 Å². The van der Waals surface area contributed by atoms with E-state index in [-0.39, 0.29) is 6.04 Å². The van der Waals surface area contributed by atoms with Crippen LogP contribution in [0.25, 0.3) is 0 Å². The topological polar surface area (TPSA) is 39.1 Å². The first-order valence-electron chi connectivity index (χ1n) is 7.13. The number of aryl methyl sites for hydroxylation is 1. The van der Waals surface area contributed by atoms with Gasteiger partial charge in [-0.2, -0.15) is 5.10 Å². The van der Waals surface area contributed by atoms with Crippen LogP contribution in [0.5, 0.6) is 5.75 Å². The molecule has 1 unspecified atom stereocenters. The van der Waals surface area contributed by atoms with Crippen molar-refractivity contribution in [2.75, 3.05) is 6.61 Å². The summed E-state index contributed by atoms with van der Waals surface area (Å²) in [6, 6.07) is 10.6. The number of aromatic nitrogens is 2. The summed E-state index contributed by atoms with van der Waals surface area (Å²) in [5.74, 6) is 0.938. The zero-order valence-corrected chi connectivity index (χ0v) is 12.5. The molecule has 1 aromatic heterocycles. The third-order valence-electron chi connectivity index (χ3n) is 3.21. The highest BCUT2D eigenvalue weighted by molar-refractivity contribution is 5.29. The number of nitrogens with one attached hydrogen (secondary N) is 1. The lowest BCUT2D eigenvalue weighted by Crippen LogP contribution is -2.18. The lowest BCUT2D eigenvalue weighted by molar-refractivity contribution is 0.317. The van der Waals surface area contributed by atoms with E-state index in [0.29, 0.717) is 0 Å². The Morgan fingerprint density at radius 1 is 1.25 bits per heavy atom. The van der Waals surface area contributed by atoms with Gasteiger partial charge in [0.1, 0.15) is 5.75 Å². The molecule has 0 aliphatic heterocycles. The molecular weight excluding hydrogens is 250 g/mol. The van der Waals surface area contributed by atoms with Crippen LogP contribution in [0, 0.1) is 0 Å². The second kappa shape index (κ2) is 7.10. The third kappa shape index (κ3) is 4.10. The van der Waals surface area contributed by atoms with Gasteiger partial charge in [-0.3, -0.25) is 4.68 Å². The number of hydrogen-bond donors (Lipinski definition) is 1. The predicted octanol–water partition coefficient (Wildman–Crippen LogP) is 3.06. The Balaban J connectivity index is 1.86. The van der Waals surface area contributed by atoms with E-state index in [0.717, 1.165) is 31.0 Å². The fourth-order valence-electron chi connectivity index (χ4n) is 2.01. The van der Waals surface area contributed by atoms with Gasteiger partial charge < -0.3 is 10.1 Å². The smallest absolute Gasteiger partial charge is 0.119 e. The predicted molar refractivity (Wildman–Crippen MR) is 80.7 cm³/mol. The molecule has 0 fully saturated rings. The zero-order valence-electron chi connectivity index (χ0n) is 12.5. The standard InChI is InChI=1S/C16H23N3O/c1-4-11-20-16-7-5-14(6-8-16)13(2)17-12-15-9-10-19(3)18-15/h5-10,13,17H,4,11-12H2,1-3H3. The van der Waals surface area contributed by atoms with Crippen molar-refractivity contribution in [1.82, 2.24) is 15.1 Å². The maximum atomic E-state index is 5.59. The largest absolute Gasteiger partial charge is 0.494 e. The Morgan fingerprint density at radius 2 is 2.00 bits per heavy atom. The fourth-order valence-corrected chi connectivity index (χ4v) is 2.01. The summed E-state index contributed by atoms with van der Waals surface area (Å²) >= 11 is 0. The molecule has 0 aliphatic carbocycles. The molecule has 0 saturated heterocycles. The van der Waals surface area contributed by atoms with Gasteiger partial charge in [0.05, 0.1) is 12.3 Å². The van der Waals surface area contributed by atoms with Crippen molar-refractivity contribution < 1.29 is 4.74 Å². The Bertz CT molecular complexity index is 519. The zero-order chi connectivity index (χ0) is 14.4. The number of hydrogen-bond acceptors (Lipinski definition) is 3. The summed E-state index contributed by atoms with van der Waals surface area (Å²) in [5.41, 5.74) is 2.31. The average molecular weight is 273 g/mol. The molecule has 2 aromatic rings. The Kier molecular flexibility index (Phi) is 5.18. The van der Waals surface area contributed by atoms with Gasteiger partial charge in [-0.15, -0.1) is 0 Å². The second-order valence-electron chi connectivity index (χ2n) is 5.00. The lowest BCUT2D eigenvalue weighted by Gasteiger charge is -2.14. The highest BCUT2D eigenvalue weighted by Gasteiger charge is 2.06. The van der Waals surface area contributed by atoms with Crippen LogP contribution in [-0.4, -0.2) is 16.4 Å². The summed E-state index contributed by atoms with van der Waals surface area (Å²) in [5, 5.41) is 7.83. The Labute approximate surface area is 120 Å². The minimum absolute atomic E-state index is 0.289. The van der Waals surface area contributed by atoms with Gasteiger partial charge in [-0.1, -0.05) is 19.1 Å². The molecule has 4 nitrogen and oxygen atoms in total. The first-order valence-corrected chi connectivity index (χ1v) is 7.13. The van der Waals surface area contributed by atoms with Gasteiger partial charge in [0.2, 0.25) is 0 Å². The van der Waals surface area contributed by atoms with Crippen molar-refractivity contribution in [2.45, 2.75) is 32.9 Å². The summed E-state index contributed by atoms with van der Waals surface area (Å²) in [6.45, 7) is 5.81. The van der Waals surface area contributed by atoms with E-state index in [1.165, 1.54) is 5.56 Å². The van der Waals surface area contributed by atoms with Crippen LogP contribution in [0.3, 0.4) is 0 Å². The van der Waals surface area contributed by atoms with E-state index < -0.39 is 0 Å². The third-order valence-corrected chi connectivity index (χ3v) is 3.21. The molecule has 1 N–H and O–H groups in total. The molecule has 0 aliphatic rings. The minimum Gasteiger partial charge on any atom is -0.494 e. The van der Waals surface area contributed by atoms with E-state index in [1.807, 2.05) is 36.1 Å². The number of benzene rings is 1. The number of ether oxygens (including phenoxy) is 1. The van der Waals surface area contributed by atoms with E-state index in [2.05, 4.69) is 36.4 Å². The first kappa shape index (κ1) is 14.6. The van der Waals surface area contributed by atoms with Crippen LogP contribution in [0.1, 0.15) is 37.6 Å². The second-order valence-corrected chi connectivity index (χ2v) is 5.00. The quantitative estimate of drug-likeness (QED) is 0.842. The monoisotopic (exact) mass is 273 g/mol. The first-order chi connectivity index (χ1) is 9.69. The van der Waals surface area contributed by atoms with E-state index in [9.17, 15) is 0 Å². The number of rotatable bonds is 7. The Hall–Kier alpha value is -1.81. The average Bonchev–Trinajstić information content (AvgIpc) is 2.89. The van der Waals surface area contributed by atoms with Crippen LogP contribution in [0.2, 0.25) is 0 Å². The molecule has 4 heteroatoms. The van der Waals surface area contributed by atoms with E-state index in [1.54, 1.807) is 0 Å². The van der Waals surface area contributed by atoms with E-state index >= 15 is 0 Å². The van der Waals surface area contributed by atoms with Crippen LogP contribution in [-0.2, 0) is 13.6 Å². The molecule has 0 amide bonds. The summed E-state index contributed by atoms with van der Waals surface area (Å²) in [7, 11) is 1.93. The molecule has 0 saturated carbocycles. The maximum absolute atomic E-state index is 5.59. The maximum Gasteiger partial charge on any atom is 0.119 e. The van der Waals surface area contributed by atoms with Crippen LogP contribution in [0.15, 0.2) is 36.5 Å². The molecule has 0 radical (unpaired) electrons. The number of nitrogens with zero attached hydrogens (tertiary/aromatic N) is 2. The molecule has 1 atom stereocenters. The van der Waals surface area contributed by atoms with Gasteiger partial charge in [0.25, 0.3) is 0 Å². The molecule has 108 valence electrons. The SMILES string of the molecule is CCCOc1ccc(C(C)NCc2ccn(C)n2)cc1. The fraction of sp³-hybridized carbons (Fsp3) is 0.438. The van der Waals surface area contributed by atoms with Crippen LogP contribution in [0.4, 0.5) is 0 Å². The molecule has 0 bridgehead atoms. The molecule has 1 heterocycles. The van der Waals surface area contributed by atoms with Gasteiger partial charge >= 0.3 is 0 Å². The van der Waals surface area contributed by atoms with Gasteiger partial charge in [0.15, 0.2) is 0 Å². The van der Waals surface area contributed by atoms with Crippen molar-refractivity contribution in [3.8, 4) is 5.75 Å². The van der Waals surface area contributed by atoms with Crippen LogP contribution < -0.4 is 10.1 Å². The molecular formula is C16H23N3O. The summed E-state index contributed by atoms with van der Waals surface area (Å²) in [4.78, 5) is 0. The van der Waals surface area contributed by atoms with Crippen molar-refractivity contribution >= 4 is 0 Å². The normalized spacial score (nSPS) is 12.3. The molecule has 20 heavy (non-hydrogen) atoms. The molecule has 1 aromatic carbocycles. The molecule has 2 rings (SSSR count). The summed E-state index contributed by atoms with van der Waals surface area (Å²) < 4.78 is 7.41. The van der Waals surface area contributed by atoms with Crippen molar-refractivity contribution in [2.24, 2.45) is 7.05 Å². The highest BCUT2D eigenvalue weighted by Crippen LogP contribution is 2.18. The van der Waals surface area contributed by atoms with Gasteiger partial charge in [-0.25, -0.2) is 0 Å². The van der Waals surface area contributed by atoms with Crippen molar-refractivity contribution in [3.05, 3.63) is 47.8 Å². The lowest BCUT2D eigenvalue weighted by atomic mass is 10.1.